The molecule has 0 spiro atoms. The fourth-order valence-corrected chi connectivity index (χ4v) is 3.31. The number of rotatable bonds is 7. The minimum Gasteiger partial charge on any atom is -0.493 e. The number of carbonyl (C=O) groups excluding carboxylic acids is 1. The first kappa shape index (κ1) is 19.7. The molecule has 0 heterocycles. The van der Waals surface area contributed by atoms with Crippen LogP contribution in [-0.4, -0.2) is 33.8 Å². The van der Waals surface area contributed by atoms with Crippen LogP contribution in [0.25, 0.3) is 0 Å². The topological polar surface area (TPSA) is 81.7 Å². The molecule has 140 valence electrons. The molecule has 2 rings (SSSR count). The molecule has 0 fully saturated rings. The zero-order valence-corrected chi connectivity index (χ0v) is 15.5. The summed E-state index contributed by atoms with van der Waals surface area (Å²) in [5.41, 5.74) is 0.582. The fourth-order valence-electron chi connectivity index (χ4n) is 2.25. The number of carbonyl (C=O) groups is 1. The van der Waals surface area contributed by atoms with Gasteiger partial charge in [-0.1, -0.05) is 19.1 Å². The van der Waals surface area contributed by atoms with Crippen molar-refractivity contribution in [2.24, 2.45) is 0 Å². The highest BCUT2D eigenvalue weighted by atomic mass is 32.2. The molecular weight excluding hydrogens is 361 g/mol. The maximum atomic E-state index is 14.1. The quantitative estimate of drug-likeness (QED) is 0.797. The molecule has 0 aliphatic carbocycles. The number of aryl methyl sites for hydroxylation is 1. The van der Waals surface area contributed by atoms with Gasteiger partial charge in [0.15, 0.2) is 27.9 Å². The lowest BCUT2D eigenvalue weighted by molar-refractivity contribution is -0.118. The van der Waals surface area contributed by atoms with E-state index in [1.54, 1.807) is 18.2 Å². The number of para-hydroxylation sites is 1. The first-order valence-corrected chi connectivity index (χ1v) is 9.52. The average molecular weight is 381 g/mol. The lowest BCUT2D eigenvalue weighted by Crippen LogP contribution is -2.22. The number of halogens is 1. The van der Waals surface area contributed by atoms with Crippen LogP contribution in [0, 0.1) is 12.7 Å². The van der Waals surface area contributed by atoms with Crippen molar-refractivity contribution >= 4 is 21.4 Å². The number of nitrogens with one attached hydrogen (secondary N) is 1. The van der Waals surface area contributed by atoms with E-state index in [4.69, 9.17) is 9.47 Å². The van der Waals surface area contributed by atoms with Crippen LogP contribution in [0.15, 0.2) is 41.3 Å². The van der Waals surface area contributed by atoms with Crippen molar-refractivity contribution in [3.8, 4) is 11.5 Å². The number of benzene rings is 2. The largest absolute Gasteiger partial charge is 0.493 e. The third-order valence-electron chi connectivity index (χ3n) is 3.63. The lowest BCUT2D eigenvalue weighted by atomic mass is 10.2. The van der Waals surface area contributed by atoms with Crippen molar-refractivity contribution in [2.45, 2.75) is 18.7 Å². The predicted octanol–water partition coefficient (Wildman–Crippen LogP) is 2.95. The van der Waals surface area contributed by atoms with Crippen LogP contribution in [0.5, 0.6) is 11.5 Å². The standard InChI is InChI=1S/C18H20FNO5S/c1-4-26(22,23)16-7-5-6-13(19)18(16)20-17(21)11-25-14-9-8-12(2)10-15(14)24-3/h5-10H,4,11H2,1-3H3,(H,20,21). The molecule has 0 bridgehead atoms. The number of hydrogen-bond acceptors (Lipinski definition) is 5. The Hall–Kier alpha value is -2.61. The molecule has 2 aromatic carbocycles. The third-order valence-corrected chi connectivity index (χ3v) is 5.40. The highest BCUT2D eigenvalue weighted by Crippen LogP contribution is 2.28. The molecule has 0 aromatic heterocycles. The average Bonchev–Trinajstić information content (AvgIpc) is 2.62. The molecule has 6 nitrogen and oxygen atoms in total. The molecule has 0 saturated heterocycles. The monoisotopic (exact) mass is 381 g/mol. The van der Waals surface area contributed by atoms with E-state index in [9.17, 15) is 17.6 Å². The summed E-state index contributed by atoms with van der Waals surface area (Å²) in [5, 5.41) is 2.28. The summed E-state index contributed by atoms with van der Waals surface area (Å²) in [7, 11) is -2.22. The zero-order chi connectivity index (χ0) is 19.3. The Labute approximate surface area is 151 Å². The molecule has 1 N–H and O–H groups in total. The van der Waals surface area contributed by atoms with E-state index in [-0.39, 0.29) is 16.3 Å². The number of sulfone groups is 1. The van der Waals surface area contributed by atoms with E-state index >= 15 is 0 Å². The van der Waals surface area contributed by atoms with Crippen molar-refractivity contribution in [3.05, 3.63) is 47.8 Å². The first-order chi connectivity index (χ1) is 12.3. The number of ether oxygens (including phenoxy) is 2. The highest BCUT2D eigenvalue weighted by molar-refractivity contribution is 7.91. The smallest absolute Gasteiger partial charge is 0.262 e. The molecule has 0 unspecified atom stereocenters. The summed E-state index contributed by atoms with van der Waals surface area (Å²) in [5.74, 6) is -0.927. The zero-order valence-electron chi connectivity index (χ0n) is 14.7. The van der Waals surface area contributed by atoms with Gasteiger partial charge in [-0.05, 0) is 36.8 Å². The van der Waals surface area contributed by atoms with Gasteiger partial charge in [-0.15, -0.1) is 0 Å². The molecule has 0 aliphatic heterocycles. The molecule has 0 saturated carbocycles. The van der Waals surface area contributed by atoms with Crippen LogP contribution < -0.4 is 14.8 Å². The summed E-state index contributed by atoms with van der Waals surface area (Å²) < 4.78 is 48.8. The van der Waals surface area contributed by atoms with Gasteiger partial charge >= 0.3 is 0 Å². The van der Waals surface area contributed by atoms with Crippen molar-refractivity contribution in [3.63, 3.8) is 0 Å². The molecular formula is C18H20FNO5S. The maximum absolute atomic E-state index is 14.1. The van der Waals surface area contributed by atoms with Gasteiger partial charge in [0, 0.05) is 0 Å². The Bertz CT molecular complexity index is 912. The van der Waals surface area contributed by atoms with Crippen LogP contribution in [0.1, 0.15) is 12.5 Å². The summed E-state index contributed by atoms with van der Waals surface area (Å²) in [6.45, 7) is 2.89. The van der Waals surface area contributed by atoms with Gasteiger partial charge in [0.2, 0.25) is 0 Å². The van der Waals surface area contributed by atoms with Crippen molar-refractivity contribution in [1.82, 2.24) is 0 Å². The molecule has 26 heavy (non-hydrogen) atoms. The molecule has 8 heteroatoms. The van der Waals surface area contributed by atoms with Gasteiger partial charge in [-0.2, -0.15) is 0 Å². The van der Waals surface area contributed by atoms with E-state index in [0.717, 1.165) is 11.6 Å². The Morgan fingerprint density at radius 1 is 1.19 bits per heavy atom. The lowest BCUT2D eigenvalue weighted by Gasteiger charge is -2.13. The van der Waals surface area contributed by atoms with Crippen LogP contribution in [0.4, 0.5) is 10.1 Å². The number of amides is 1. The van der Waals surface area contributed by atoms with Crippen LogP contribution in [-0.2, 0) is 14.6 Å². The summed E-state index contributed by atoms with van der Waals surface area (Å²) in [6.07, 6.45) is 0. The Morgan fingerprint density at radius 3 is 2.58 bits per heavy atom. The second-order valence-corrected chi connectivity index (χ2v) is 7.75. The molecule has 1 amide bonds. The first-order valence-electron chi connectivity index (χ1n) is 7.87. The normalized spacial score (nSPS) is 11.1. The van der Waals surface area contributed by atoms with Gasteiger partial charge in [-0.3, -0.25) is 4.79 Å². The second kappa shape index (κ2) is 8.18. The maximum Gasteiger partial charge on any atom is 0.262 e. The second-order valence-electron chi connectivity index (χ2n) is 5.51. The molecule has 0 atom stereocenters. The molecule has 0 radical (unpaired) electrons. The van der Waals surface area contributed by atoms with E-state index < -0.39 is 28.2 Å². The van der Waals surface area contributed by atoms with Gasteiger partial charge in [-0.25, -0.2) is 12.8 Å². The minimum atomic E-state index is -3.70. The number of anilines is 1. The van der Waals surface area contributed by atoms with Crippen molar-refractivity contribution in [2.75, 3.05) is 24.8 Å². The van der Waals surface area contributed by atoms with E-state index in [1.807, 2.05) is 6.92 Å². The summed E-state index contributed by atoms with van der Waals surface area (Å²) >= 11 is 0. The third kappa shape index (κ3) is 4.51. The van der Waals surface area contributed by atoms with Gasteiger partial charge in [0.25, 0.3) is 5.91 Å². The highest BCUT2D eigenvalue weighted by Gasteiger charge is 2.21. The summed E-state index contributed by atoms with van der Waals surface area (Å²) in [6, 6.07) is 8.79. The van der Waals surface area contributed by atoms with Crippen molar-refractivity contribution < 1.29 is 27.1 Å². The van der Waals surface area contributed by atoms with E-state index in [1.165, 1.54) is 26.2 Å². The SMILES string of the molecule is CCS(=O)(=O)c1cccc(F)c1NC(=O)COc1ccc(C)cc1OC. The minimum absolute atomic E-state index is 0.212. The molecule has 2 aromatic rings. The number of hydrogen-bond donors (Lipinski definition) is 1. The Kier molecular flexibility index (Phi) is 6.20. The van der Waals surface area contributed by atoms with Crippen LogP contribution in [0.3, 0.4) is 0 Å². The Morgan fingerprint density at radius 2 is 1.92 bits per heavy atom. The number of methoxy groups -OCH3 is 1. The van der Waals surface area contributed by atoms with Crippen LogP contribution >= 0.6 is 0 Å². The van der Waals surface area contributed by atoms with Crippen molar-refractivity contribution in [1.29, 1.82) is 0 Å². The Balaban J connectivity index is 2.17. The predicted molar refractivity (Wildman–Crippen MR) is 96.0 cm³/mol. The van der Waals surface area contributed by atoms with Gasteiger partial charge in [0.05, 0.1) is 23.4 Å². The van der Waals surface area contributed by atoms with Gasteiger partial charge < -0.3 is 14.8 Å². The van der Waals surface area contributed by atoms with Gasteiger partial charge in [0.1, 0.15) is 5.82 Å². The van der Waals surface area contributed by atoms with E-state index in [0.29, 0.717) is 11.5 Å². The fraction of sp³-hybridized carbons (Fsp3) is 0.278. The van der Waals surface area contributed by atoms with E-state index in [2.05, 4.69) is 5.32 Å². The van der Waals surface area contributed by atoms with Crippen LogP contribution in [0.2, 0.25) is 0 Å². The molecule has 0 aliphatic rings. The summed E-state index contributed by atoms with van der Waals surface area (Å²) in [4.78, 5) is 11.9.